The van der Waals surface area contributed by atoms with Gasteiger partial charge in [0.1, 0.15) is 18.2 Å². The second-order valence-corrected chi connectivity index (χ2v) is 6.88. The Bertz CT molecular complexity index is 870. The molecule has 1 N–H and O–H groups in total. The van der Waals surface area contributed by atoms with Gasteiger partial charge in [-0.3, -0.25) is 0 Å². The zero-order valence-electron chi connectivity index (χ0n) is 14.5. The molecule has 1 aromatic heterocycles. The van der Waals surface area contributed by atoms with Crippen LogP contribution in [0.4, 0.5) is 4.39 Å². The highest BCUT2D eigenvalue weighted by atomic mass is 32.2. The quantitative estimate of drug-likeness (QED) is 0.641. The van der Waals surface area contributed by atoms with Crippen LogP contribution in [0.5, 0.6) is 5.75 Å². The van der Waals surface area contributed by atoms with Crippen molar-refractivity contribution >= 4 is 11.8 Å². The first kappa shape index (κ1) is 18.3. The van der Waals surface area contributed by atoms with Crippen molar-refractivity contribution < 1.29 is 14.2 Å². The zero-order valence-corrected chi connectivity index (χ0v) is 15.3. The van der Waals surface area contributed by atoms with Gasteiger partial charge in [0.15, 0.2) is 0 Å². The van der Waals surface area contributed by atoms with Gasteiger partial charge in [-0.05, 0) is 60.2 Å². The molecule has 0 fully saturated rings. The average molecular weight is 374 g/mol. The van der Waals surface area contributed by atoms with Gasteiger partial charge in [-0.15, -0.1) is 5.10 Å². The molecule has 0 spiro atoms. The maximum Gasteiger partial charge on any atom is 0.214 e. The molecule has 0 aliphatic rings. The van der Waals surface area contributed by atoms with Crippen molar-refractivity contribution in [2.24, 2.45) is 0 Å². The standard InChI is InChI=1S/C18H19FN4O2S/c1-12-3-8-17(13(2)9-12)23-18(20-21-22-23)26-11-15(24)10-25-16-6-4-14(19)5-7-16/h3-9,15,24H,10-11H2,1-2H3/t15-/m1/s1. The fraction of sp³-hybridized carbons (Fsp3) is 0.278. The average Bonchev–Trinajstić information content (AvgIpc) is 3.08. The molecule has 26 heavy (non-hydrogen) atoms. The number of halogens is 1. The van der Waals surface area contributed by atoms with Gasteiger partial charge < -0.3 is 9.84 Å². The molecule has 1 heterocycles. The van der Waals surface area contributed by atoms with Crippen LogP contribution in [-0.2, 0) is 0 Å². The summed E-state index contributed by atoms with van der Waals surface area (Å²) in [5, 5.41) is 22.5. The fourth-order valence-corrected chi connectivity index (χ4v) is 3.19. The van der Waals surface area contributed by atoms with E-state index >= 15 is 0 Å². The van der Waals surface area contributed by atoms with Crippen LogP contribution in [0.15, 0.2) is 47.6 Å². The summed E-state index contributed by atoms with van der Waals surface area (Å²) >= 11 is 1.34. The molecule has 3 rings (SSSR count). The van der Waals surface area contributed by atoms with Crippen LogP contribution < -0.4 is 4.74 Å². The zero-order chi connectivity index (χ0) is 18.5. The maximum atomic E-state index is 12.9. The molecule has 0 amide bonds. The Kier molecular flexibility index (Phi) is 5.85. The molecule has 0 radical (unpaired) electrons. The molecule has 0 saturated carbocycles. The van der Waals surface area contributed by atoms with Crippen molar-refractivity contribution in [2.75, 3.05) is 12.4 Å². The summed E-state index contributed by atoms with van der Waals surface area (Å²) in [4.78, 5) is 0. The summed E-state index contributed by atoms with van der Waals surface area (Å²) in [6.45, 7) is 4.14. The molecule has 3 aromatic rings. The van der Waals surface area contributed by atoms with E-state index in [2.05, 4.69) is 21.6 Å². The van der Waals surface area contributed by atoms with Gasteiger partial charge in [-0.1, -0.05) is 29.5 Å². The van der Waals surface area contributed by atoms with Gasteiger partial charge in [0, 0.05) is 5.75 Å². The van der Waals surface area contributed by atoms with Crippen molar-refractivity contribution in [3.05, 3.63) is 59.4 Å². The highest BCUT2D eigenvalue weighted by molar-refractivity contribution is 7.99. The van der Waals surface area contributed by atoms with Crippen LogP contribution in [0.1, 0.15) is 11.1 Å². The molecule has 6 nitrogen and oxygen atoms in total. The van der Waals surface area contributed by atoms with Crippen molar-refractivity contribution in [2.45, 2.75) is 25.1 Å². The minimum Gasteiger partial charge on any atom is -0.491 e. The summed E-state index contributed by atoms with van der Waals surface area (Å²) in [6.07, 6.45) is -0.714. The molecular weight excluding hydrogens is 355 g/mol. The Labute approximate surface area is 155 Å². The van der Waals surface area contributed by atoms with Crippen LogP contribution >= 0.6 is 11.8 Å². The molecule has 136 valence electrons. The number of tetrazole rings is 1. The van der Waals surface area contributed by atoms with Gasteiger partial charge in [-0.2, -0.15) is 4.68 Å². The molecular formula is C18H19FN4O2S. The summed E-state index contributed by atoms with van der Waals surface area (Å²) in [5.41, 5.74) is 3.14. The molecule has 0 bridgehead atoms. The van der Waals surface area contributed by atoms with Gasteiger partial charge in [0.2, 0.25) is 5.16 Å². The van der Waals surface area contributed by atoms with Crippen LogP contribution in [0.25, 0.3) is 5.69 Å². The first-order chi connectivity index (χ1) is 12.5. The molecule has 0 unspecified atom stereocenters. The second-order valence-electron chi connectivity index (χ2n) is 5.89. The van der Waals surface area contributed by atoms with E-state index in [0.717, 1.165) is 11.3 Å². The molecule has 2 aromatic carbocycles. The predicted octanol–water partition coefficient (Wildman–Crippen LogP) is 2.95. The van der Waals surface area contributed by atoms with Gasteiger partial charge in [0.05, 0.1) is 11.8 Å². The highest BCUT2D eigenvalue weighted by Crippen LogP contribution is 2.22. The van der Waals surface area contributed by atoms with Crippen LogP contribution in [0.3, 0.4) is 0 Å². The van der Waals surface area contributed by atoms with E-state index < -0.39 is 6.10 Å². The van der Waals surface area contributed by atoms with Crippen molar-refractivity contribution in [3.8, 4) is 11.4 Å². The van der Waals surface area contributed by atoms with E-state index in [1.54, 1.807) is 4.68 Å². The Morgan fingerprint density at radius 1 is 1.19 bits per heavy atom. The van der Waals surface area contributed by atoms with Gasteiger partial charge in [-0.25, -0.2) is 4.39 Å². The third kappa shape index (κ3) is 4.59. The lowest BCUT2D eigenvalue weighted by atomic mass is 10.1. The number of ether oxygens (including phenoxy) is 1. The van der Waals surface area contributed by atoms with E-state index in [0.29, 0.717) is 16.7 Å². The van der Waals surface area contributed by atoms with E-state index in [1.165, 1.54) is 41.6 Å². The second kappa shape index (κ2) is 8.29. The maximum absolute atomic E-state index is 12.9. The lowest BCUT2D eigenvalue weighted by molar-refractivity contribution is 0.126. The third-order valence-electron chi connectivity index (χ3n) is 3.68. The van der Waals surface area contributed by atoms with Crippen LogP contribution in [0, 0.1) is 19.7 Å². The topological polar surface area (TPSA) is 73.1 Å². The van der Waals surface area contributed by atoms with Crippen molar-refractivity contribution in [3.63, 3.8) is 0 Å². The number of aryl methyl sites for hydroxylation is 2. The van der Waals surface area contributed by atoms with Crippen LogP contribution in [0.2, 0.25) is 0 Å². The van der Waals surface area contributed by atoms with Gasteiger partial charge >= 0.3 is 0 Å². The lowest BCUT2D eigenvalue weighted by Gasteiger charge is -2.12. The number of benzene rings is 2. The van der Waals surface area contributed by atoms with Gasteiger partial charge in [0.25, 0.3) is 0 Å². The minimum atomic E-state index is -0.714. The number of aliphatic hydroxyl groups excluding tert-OH is 1. The van der Waals surface area contributed by atoms with E-state index in [1.807, 2.05) is 26.0 Å². The molecule has 8 heteroatoms. The first-order valence-electron chi connectivity index (χ1n) is 8.08. The summed E-state index contributed by atoms with van der Waals surface area (Å²) < 4.78 is 20.0. The number of hydrogen-bond donors (Lipinski definition) is 1. The third-order valence-corrected chi connectivity index (χ3v) is 4.75. The number of nitrogens with zero attached hydrogens (tertiary/aromatic N) is 4. The Hall–Kier alpha value is -2.45. The molecule has 0 saturated heterocycles. The van der Waals surface area contributed by atoms with Crippen LogP contribution in [-0.4, -0.2) is 43.8 Å². The van der Waals surface area contributed by atoms with Crippen molar-refractivity contribution in [1.29, 1.82) is 0 Å². The SMILES string of the molecule is Cc1ccc(-n2nnnc2SC[C@H](O)COc2ccc(F)cc2)c(C)c1. The Morgan fingerprint density at radius 3 is 2.69 bits per heavy atom. The smallest absolute Gasteiger partial charge is 0.214 e. The van der Waals surface area contributed by atoms with E-state index in [9.17, 15) is 9.50 Å². The first-order valence-corrected chi connectivity index (χ1v) is 9.07. The number of aliphatic hydroxyl groups is 1. The monoisotopic (exact) mass is 374 g/mol. The number of rotatable bonds is 7. The number of hydrogen-bond acceptors (Lipinski definition) is 6. The molecule has 0 aliphatic heterocycles. The summed E-state index contributed by atoms with van der Waals surface area (Å²) in [6, 6.07) is 11.7. The minimum absolute atomic E-state index is 0.101. The molecule has 0 aliphatic carbocycles. The lowest BCUT2D eigenvalue weighted by Crippen LogP contribution is -2.20. The normalized spacial score (nSPS) is 12.2. The highest BCUT2D eigenvalue weighted by Gasteiger charge is 2.14. The fourth-order valence-electron chi connectivity index (χ4n) is 2.41. The van der Waals surface area contributed by atoms with Crippen molar-refractivity contribution in [1.82, 2.24) is 20.2 Å². The summed E-state index contributed by atoms with van der Waals surface area (Å²) in [7, 11) is 0. The number of thioether (sulfide) groups is 1. The predicted molar refractivity (Wildman–Crippen MR) is 97.3 cm³/mol. The largest absolute Gasteiger partial charge is 0.491 e. The Morgan fingerprint density at radius 2 is 1.96 bits per heavy atom. The number of aromatic nitrogens is 4. The van der Waals surface area contributed by atoms with E-state index in [-0.39, 0.29) is 12.4 Å². The summed E-state index contributed by atoms with van der Waals surface area (Å²) in [5.74, 6) is 0.550. The van der Waals surface area contributed by atoms with E-state index in [4.69, 9.17) is 4.74 Å². The molecule has 1 atom stereocenters. The Balaban J connectivity index is 1.58.